The summed E-state index contributed by atoms with van der Waals surface area (Å²) in [4.78, 5) is 0. The second kappa shape index (κ2) is 4.59. The molecule has 0 fully saturated rings. The van der Waals surface area contributed by atoms with Gasteiger partial charge in [-0.1, -0.05) is 15.9 Å². The minimum Gasteiger partial charge on any atom is -0.408 e. The quantitative estimate of drug-likeness (QED) is 0.611. The molecule has 72 valence electrons. The number of alkyl halides is 4. The number of nitrogens with one attached hydrogen (secondary N) is 1. The molecule has 0 saturated carbocycles. The van der Waals surface area contributed by atoms with Gasteiger partial charge in [-0.05, 0) is 6.92 Å². The highest BCUT2D eigenvalue weighted by atomic mass is 79.9. The summed E-state index contributed by atoms with van der Waals surface area (Å²) in [7, 11) is 1.53. The molecule has 0 rings (SSSR count). The van der Waals surface area contributed by atoms with Crippen LogP contribution in [-0.4, -0.2) is 18.7 Å². The van der Waals surface area contributed by atoms with Gasteiger partial charge in [0.05, 0.1) is 5.33 Å². The Balaban J connectivity index is 4.38. The Morgan fingerprint density at radius 2 is 2.00 bits per heavy atom. The third-order valence-corrected chi connectivity index (χ3v) is 1.66. The van der Waals surface area contributed by atoms with Gasteiger partial charge in [-0.15, -0.1) is 13.2 Å². The van der Waals surface area contributed by atoms with Crippen molar-refractivity contribution in [2.45, 2.75) is 13.3 Å². The monoisotopic (exact) mass is 247 g/mol. The number of hydrogen-bond acceptors (Lipinski definition) is 2. The van der Waals surface area contributed by atoms with E-state index in [-0.39, 0.29) is 11.1 Å². The summed E-state index contributed by atoms with van der Waals surface area (Å²) in [5.74, 6) is -0.162. The smallest absolute Gasteiger partial charge is 0.408 e. The molecule has 12 heavy (non-hydrogen) atoms. The third kappa shape index (κ3) is 4.48. The van der Waals surface area contributed by atoms with E-state index in [0.29, 0.717) is 5.70 Å². The van der Waals surface area contributed by atoms with Crippen molar-refractivity contribution in [3.05, 3.63) is 11.5 Å². The zero-order valence-corrected chi connectivity index (χ0v) is 8.21. The fourth-order valence-electron chi connectivity index (χ4n) is 0.483. The van der Waals surface area contributed by atoms with Crippen LogP contribution in [0.1, 0.15) is 6.92 Å². The average molecular weight is 248 g/mol. The van der Waals surface area contributed by atoms with Crippen LogP contribution < -0.4 is 5.32 Å². The van der Waals surface area contributed by atoms with E-state index in [1.807, 2.05) is 0 Å². The van der Waals surface area contributed by atoms with Crippen LogP contribution >= 0.6 is 15.9 Å². The summed E-state index contributed by atoms with van der Waals surface area (Å²) in [5.41, 5.74) is 0.351. The topological polar surface area (TPSA) is 21.3 Å². The van der Waals surface area contributed by atoms with Gasteiger partial charge in [-0.2, -0.15) is 0 Å². The lowest BCUT2D eigenvalue weighted by Crippen LogP contribution is -2.17. The molecule has 0 aliphatic rings. The van der Waals surface area contributed by atoms with Crippen LogP contribution in [0.25, 0.3) is 0 Å². The molecule has 0 aliphatic heterocycles. The Hall–Kier alpha value is -0.390. The molecule has 0 radical (unpaired) electrons. The van der Waals surface area contributed by atoms with Crippen LogP contribution in [0.15, 0.2) is 11.5 Å². The normalized spacial score (nSPS) is 13.8. The van der Waals surface area contributed by atoms with E-state index in [4.69, 9.17) is 0 Å². The Kier molecular flexibility index (Phi) is 4.44. The lowest BCUT2D eigenvalue weighted by Gasteiger charge is -2.13. The van der Waals surface area contributed by atoms with Crippen molar-refractivity contribution in [2.24, 2.45) is 0 Å². The summed E-state index contributed by atoms with van der Waals surface area (Å²) < 4.78 is 38.8. The number of allylic oxidation sites excluding steroid dienone is 2. The predicted molar refractivity (Wildman–Crippen MR) is 42.7 cm³/mol. The first-order chi connectivity index (χ1) is 5.40. The summed E-state index contributed by atoms with van der Waals surface area (Å²) in [6.07, 6.45) is -4.62. The molecule has 0 saturated heterocycles. The summed E-state index contributed by atoms with van der Waals surface area (Å²) in [6, 6.07) is 0. The lowest BCUT2D eigenvalue weighted by atomic mass is 10.4. The van der Waals surface area contributed by atoms with Gasteiger partial charge in [0.1, 0.15) is 5.76 Å². The van der Waals surface area contributed by atoms with E-state index in [1.165, 1.54) is 14.0 Å². The highest BCUT2D eigenvalue weighted by Crippen LogP contribution is 2.22. The molecular weight excluding hydrogens is 239 g/mol. The molecule has 0 aromatic carbocycles. The van der Waals surface area contributed by atoms with E-state index in [2.05, 4.69) is 26.0 Å². The second-order valence-corrected chi connectivity index (χ2v) is 2.54. The van der Waals surface area contributed by atoms with Gasteiger partial charge in [0.15, 0.2) is 0 Å². The van der Waals surface area contributed by atoms with Gasteiger partial charge in [-0.25, -0.2) is 0 Å². The van der Waals surface area contributed by atoms with Crippen LogP contribution in [0, 0.1) is 0 Å². The molecule has 0 amide bonds. The standard InChI is InChI=1S/C6H9BrF3NO/c1-4(11-2)5(3-7)12-6(8,9)10/h11H,3H2,1-2H3/b5-4-. The lowest BCUT2D eigenvalue weighted by molar-refractivity contribution is -0.305. The maximum Gasteiger partial charge on any atom is 0.572 e. The van der Waals surface area contributed by atoms with Gasteiger partial charge >= 0.3 is 6.36 Å². The molecule has 1 N–H and O–H groups in total. The van der Waals surface area contributed by atoms with Gasteiger partial charge in [0, 0.05) is 12.7 Å². The van der Waals surface area contributed by atoms with Crippen LogP contribution in [-0.2, 0) is 4.74 Å². The van der Waals surface area contributed by atoms with Crippen molar-refractivity contribution in [3.8, 4) is 0 Å². The SMILES string of the molecule is CN/C(C)=C(/CBr)OC(F)(F)F. The number of hydrogen-bond donors (Lipinski definition) is 1. The van der Waals surface area contributed by atoms with Crippen LogP contribution in [0.2, 0.25) is 0 Å². The predicted octanol–water partition coefficient (Wildman–Crippen LogP) is 2.37. The Labute approximate surface area is 76.9 Å². The molecule has 0 spiro atoms. The van der Waals surface area contributed by atoms with Gasteiger partial charge < -0.3 is 10.1 Å². The van der Waals surface area contributed by atoms with Crippen LogP contribution in [0.4, 0.5) is 13.2 Å². The van der Waals surface area contributed by atoms with E-state index in [9.17, 15) is 13.2 Å². The second-order valence-electron chi connectivity index (χ2n) is 1.98. The minimum absolute atomic E-state index is 0.0270. The molecule has 0 atom stereocenters. The first kappa shape index (κ1) is 11.6. The summed E-state index contributed by atoms with van der Waals surface area (Å²) in [5, 5.41) is 2.59. The van der Waals surface area contributed by atoms with E-state index < -0.39 is 6.36 Å². The maximum atomic E-state index is 11.7. The maximum absolute atomic E-state index is 11.7. The molecule has 0 heterocycles. The first-order valence-electron chi connectivity index (χ1n) is 3.10. The van der Waals surface area contributed by atoms with Crippen molar-refractivity contribution >= 4 is 15.9 Å². The highest BCUT2D eigenvalue weighted by Gasteiger charge is 2.32. The molecule has 0 bridgehead atoms. The van der Waals surface area contributed by atoms with Crippen molar-refractivity contribution in [1.29, 1.82) is 0 Å². The molecule has 0 unspecified atom stereocenters. The first-order valence-corrected chi connectivity index (χ1v) is 4.22. The third-order valence-electron chi connectivity index (χ3n) is 1.15. The zero-order chi connectivity index (χ0) is 9.78. The molecular formula is C6H9BrF3NO. The summed E-state index contributed by atoms with van der Waals surface area (Å²) in [6.45, 7) is 1.50. The highest BCUT2D eigenvalue weighted by molar-refractivity contribution is 9.09. The van der Waals surface area contributed by atoms with Gasteiger partial charge in [-0.3, -0.25) is 0 Å². The largest absolute Gasteiger partial charge is 0.572 e. The Morgan fingerprint density at radius 3 is 2.25 bits per heavy atom. The van der Waals surface area contributed by atoms with Crippen molar-refractivity contribution in [3.63, 3.8) is 0 Å². The average Bonchev–Trinajstić information content (AvgIpc) is 1.97. The number of ether oxygens (including phenoxy) is 1. The molecule has 0 aromatic heterocycles. The van der Waals surface area contributed by atoms with E-state index >= 15 is 0 Å². The molecule has 6 heteroatoms. The van der Waals surface area contributed by atoms with E-state index in [1.54, 1.807) is 0 Å². The van der Waals surface area contributed by atoms with E-state index in [0.717, 1.165) is 0 Å². The van der Waals surface area contributed by atoms with Crippen molar-refractivity contribution in [1.82, 2.24) is 5.32 Å². The van der Waals surface area contributed by atoms with Gasteiger partial charge in [0.25, 0.3) is 0 Å². The molecule has 2 nitrogen and oxygen atoms in total. The number of halogens is 4. The van der Waals surface area contributed by atoms with Gasteiger partial charge in [0.2, 0.25) is 0 Å². The zero-order valence-electron chi connectivity index (χ0n) is 6.63. The Morgan fingerprint density at radius 1 is 1.50 bits per heavy atom. The Bertz CT molecular complexity index is 178. The van der Waals surface area contributed by atoms with Crippen molar-refractivity contribution in [2.75, 3.05) is 12.4 Å². The fraction of sp³-hybridized carbons (Fsp3) is 0.667. The fourth-order valence-corrected chi connectivity index (χ4v) is 1.02. The molecule has 0 aromatic rings. The van der Waals surface area contributed by atoms with Crippen LogP contribution in [0.3, 0.4) is 0 Å². The summed E-state index contributed by atoms with van der Waals surface area (Å²) >= 11 is 2.89. The minimum atomic E-state index is -4.62. The van der Waals surface area contributed by atoms with Crippen LogP contribution in [0.5, 0.6) is 0 Å². The number of rotatable bonds is 3. The van der Waals surface area contributed by atoms with Crippen molar-refractivity contribution < 1.29 is 17.9 Å². The molecule has 0 aliphatic carbocycles.